The Morgan fingerprint density at radius 1 is 1.59 bits per heavy atom. The Labute approximate surface area is 96.3 Å². The number of amides is 1. The van der Waals surface area contributed by atoms with E-state index in [2.05, 4.69) is 24.9 Å². The third kappa shape index (κ3) is 2.52. The normalized spacial score (nSPS) is 10.5. The molecule has 3 N–H and O–H groups in total. The maximum atomic E-state index is 11.0. The molecule has 7 heteroatoms. The molecule has 1 aromatic heterocycles. The number of hydrogen-bond donors (Lipinski definition) is 3. The fourth-order valence-electron chi connectivity index (χ4n) is 1.43. The van der Waals surface area contributed by atoms with Crippen molar-refractivity contribution in [2.75, 3.05) is 12.4 Å². The van der Waals surface area contributed by atoms with Gasteiger partial charge in [0.1, 0.15) is 6.61 Å². The molecule has 0 atom stereocenters. The van der Waals surface area contributed by atoms with Crippen LogP contribution in [0.1, 0.15) is 5.56 Å². The van der Waals surface area contributed by atoms with Crippen LogP contribution < -0.4 is 5.32 Å². The third-order valence-electron chi connectivity index (χ3n) is 2.18. The lowest BCUT2D eigenvalue weighted by Crippen LogP contribution is -2.11. The molecule has 2 rings (SSSR count). The van der Waals surface area contributed by atoms with Gasteiger partial charge in [-0.3, -0.25) is 10.6 Å². The summed E-state index contributed by atoms with van der Waals surface area (Å²) in [6, 6.07) is 5.28. The molecule has 0 spiro atoms. The van der Waals surface area contributed by atoms with Gasteiger partial charge in [-0.05, 0) is 17.7 Å². The lowest BCUT2D eigenvalue weighted by molar-refractivity contribution is -0.252. The maximum absolute atomic E-state index is 11.0. The van der Waals surface area contributed by atoms with E-state index in [1.54, 1.807) is 18.2 Å². The van der Waals surface area contributed by atoms with E-state index >= 15 is 0 Å². The summed E-state index contributed by atoms with van der Waals surface area (Å²) in [7, 11) is 1.27. The second-order valence-electron chi connectivity index (χ2n) is 3.33. The molecule has 0 aliphatic rings. The number of rotatable bonds is 3. The number of carbonyl (C=O) groups is 1. The summed E-state index contributed by atoms with van der Waals surface area (Å²) in [6.45, 7) is 0.0920. The Bertz CT molecular complexity index is 537. The second kappa shape index (κ2) is 4.81. The molecular weight excluding hydrogens is 226 g/mol. The minimum atomic E-state index is -0.594. The number of aromatic amines is 1. The summed E-state index contributed by atoms with van der Waals surface area (Å²) in [5.74, 6) is 0.300. The Morgan fingerprint density at radius 2 is 2.41 bits per heavy atom. The zero-order valence-electron chi connectivity index (χ0n) is 9.06. The fourth-order valence-corrected chi connectivity index (χ4v) is 1.43. The summed E-state index contributed by atoms with van der Waals surface area (Å²) < 4.78 is 4.45. The Morgan fingerprint density at radius 3 is 3.12 bits per heavy atom. The van der Waals surface area contributed by atoms with Gasteiger partial charge in [-0.1, -0.05) is 6.07 Å². The average Bonchev–Trinajstić information content (AvgIpc) is 2.70. The molecule has 0 saturated carbocycles. The molecule has 1 amide bonds. The number of hydrogen-bond acceptors (Lipinski definition) is 5. The zero-order chi connectivity index (χ0) is 12.3. The molecule has 0 aliphatic heterocycles. The van der Waals surface area contributed by atoms with Gasteiger partial charge >= 0.3 is 6.09 Å². The molecule has 0 radical (unpaired) electrons. The van der Waals surface area contributed by atoms with Crippen molar-refractivity contribution < 1.29 is 19.7 Å². The van der Waals surface area contributed by atoms with Gasteiger partial charge in [-0.15, -0.1) is 0 Å². The highest BCUT2D eigenvalue weighted by Gasteiger charge is 2.06. The largest absolute Gasteiger partial charge is 0.453 e. The maximum Gasteiger partial charge on any atom is 0.413 e. The lowest BCUT2D eigenvalue weighted by Gasteiger charge is -1.97. The summed E-state index contributed by atoms with van der Waals surface area (Å²) in [6.07, 6.45) is -0.594. The van der Waals surface area contributed by atoms with Crippen molar-refractivity contribution in [3.63, 3.8) is 0 Å². The molecule has 7 nitrogen and oxygen atoms in total. The fraction of sp³-hybridized carbons (Fsp3) is 0.200. The standard InChI is InChI=1S/C10H11N3O4/c1-16-10(14)13-9-11-7-3-2-6(5-17-15)4-8(7)12-9/h2-4,15H,5H2,1H3,(H2,11,12,13,14). The molecule has 1 heterocycles. The number of imidazole rings is 1. The highest BCUT2D eigenvalue weighted by atomic mass is 17.1. The number of fused-ring (bicyclic) bond motifs is 1. The van der Waals surface area contributed by atoms with Crippen LogP contribution in [0.5, 0.6) is 0 Å². The van der Waals surface area contributed by atoms with Crippen LogP contribution in [0.25, 0.3) is 11.0 Å². The van der Waals surface area contributed by atoms with E-state index in [0.717, 1.165) is 11.1 Å². The monoisotopic (exact) mass is 237 g/mol. The zero-order valence-corrected chi connectivity index (χ0v) is 9.06. The summed E-state index contributed by atoms with van der Waals surface area (Å²) in [4.78, 5) is 22.1. The topological polar surface area (TPSA) is 96.5 Å². The average molecular weight is 237 g/mol. The molecule has 0 bridgehead atoms. The Hall–Kier alpha value is -2.12. The molecule has 2 aromatic rings. The SMILES string of the molecule is COC(=O)Nc1nc2ccc(COO)cc2[nH]1. The van der Waals surface area contributed by atoms with Crippen molar-refractivity contribution in [2.45, 2.75) is 6.61 Å². The van der Waals surface area contributed by atoms with E-state index in [4.69, 9.17) is 5.26 Å². The van der Waals surface area contributed by atoms with Gasteiger partial charge in [0.2, 0.25) is 5.95 Å². The first-order chi connectivity index (χ1) is 8.22. The smallest absolute Gasteiger partial charge is 0.413 e. The van der Waals surface area contributed by atoms with E-state index < -0.39 is 6.09 Å². The molecule has 90 valence electrons. The quantitative estimate of drug-likeness (QED) is 0.558. The van der Waals surface area contributed by atoms with Crippen LogP contribution in [-0.4, -0.2) is 28.4 Å². The van der Waals surface area contributed by atoms with Crippen LogP contribution in [0.15, 0.2) is 18.2 Å². The molecule has 0 aliphatic carbocycles. The third-order valence-corrected chi connectivity index (χ3v) is 2.18. The molecule has 0 fully saturated rings. The first-order valence-corrected chi connectivity index (χ1v) is 4.83. The van der Waals surface area contributed by atoms with Crippen molar-refractivity contribution in [3.8, 4) is 0 Å². The number of anilines is 1. The first-order valence-electron chi connectivity index (χ1n) is 4.83. The van der Waals surface area contributed by atoms with Crippen molar-refractivity contribution in [1.82, 2.24) is 9.97 Å². The van der Waals surface area contributed by atoms with Gasteiger partial charge in [0.25, 0.3) is 0 Å². The van der Waals surface area contributed by atoms with Crippen LogP contribution in [-0.2, 0) is 16.2 Å². The molecule has 0 saturated heterocycles. The second-order valence-corrected chi connectivity index (χ2v) is 3.33. The minimum absolute atomic E-state index is 0.0920. The highest BCUT2D eigenvalue weighted by molar-refractivity contribution is 5.86. The van der Waals surface area contributed by atoms with Crippen molar-refractivity contribution >= 4 is 23.1 Å². The van der Waals surface area contributed by atoms with Crippen molar-refractivity contribution in [1.29, 1.82) is 0 Å². The number of ether oxygens (including phenoxy) is 1. The van der Waals surface area contributed by atoms with Crippen molar-refractivity contribution in [2.24, 2.45) is 0 Å². The van der Waals surface area contributed by atoms with Crippen LogP contribution in [0.3, 0.4) is 0 Å². The molecule has 17 heavy (non-hydrogen) atoms. The van der Waals surface area contributed by atoms with Gasteiger partial charge < -0.3 is 9.72 Å². The number of nitrogens with one attached hydrogen (secondary N) is 2. The van der Waals surface area contributed by atoms with Gasteiger partial charge in [0, 0.05) is 0 Å². The van der Waals surface area contributed by atoms with Crippen LogP contribution in [0.2, 0.25) is 0 Å². The van der Waals surface area contributed by atoms with Crippen molar-refractivity contribution in [3.05, 3.63) is 23.8 Å². The number of carbonyl (C=O) groups excluding carboxylic acids is 1. The predicted octanol–water partition coefficient (Wildman–Crippen LogP) is 1.73. The molecular formula is C10H11N3O4. The number of nitrogens with zero attached hydrogens (tertiary/aromatic N) is 1. The number of H-pyrrole nitrogens is 1. The Kier molecular flexibility index (Phi) is 3.22. The van der Waals surface area contributed by atoms with Crippen LogP contribution >= 0.6 is 0 Å². The summed E-state index contributed by atoms with van der Waals surface area (Å²) in [5, 5.41) is 10.8. The number of benzene rings is 1. The van der Waals surface area contributed by atoms with E-state index in [0.29, 0.717) is 11.5 Å². The molecule has 0 unspecified atom stereocenters. The number of methoxy groups -OCH3 is 1. The van der Waals surface area contributed by atoms with Gasteiger partial charge in [0.15, 0.2) is 0 Å². The van der Waals surface area contributed by atoms with E-state index in [1.807, 2.05) is 0 Å². The predicted molar refractivity (Wildman–Crippen MR) is 59.5 cm³/mol. The molecule has 1 aromatic carbocycles. The van der Waals surface area contributed by atoms with Crippen LogP contribution in [0.4, 0.5) is 10.7 Å². The summed E-state index contributed by atoms with van der Waals surface area (Å²) in [5.41, 5.74) is 2.21. The Balaban J connectivity index is 2.27. The first kappa shape index (κ1) is 11.4. The van der Waals surface area contributed by atoms with E-state index in [9.17, 15) is 4.79 Å². The van der Waals surface area contributed by atoms with E-state index in [1.165, 1.54) is 7.11 Å². The van der Waals surface area contributed by atoms with Gasteiger partial charge in [0.05, 0.1) is 18.1 Å². The summed E-state index contributed by atoms with van der Waals surface area (Å²) >= 11 is 0. The lowest BCUT2D eigenvalue weighted by atomic mass is 10.2. The van der Waals surface area contributed by atoms with Gasteiger partial charge in [-0.25, -0.2) is 14.7 Å². The highest BCUT2D eigenvalue weighted by Crippen LogP contribution is 2.16. The van der Waals surface area contributed by atoms with E-state index in [-0.39, 0.29) is 6.61 Å². The minimum Gasteiger partial charge on any atom is -0.453 e. The van der Waals surface area contributed by atoms with Gasteiger partial charge in [-0.2, -0.15) is 0 Å². The number of aromatic nitrogens is 2. The van der Waals surface area contributed by atoms with Crippen LogP contribution in [0, 0.1) is 0 Å².